The number of carbonyl (C=O) groups is 2. The number of imide groups is 1. The van der Waals surface area contributed by atoms with Crippen molar-refractivity contribution in [1.29, 1.82) is 0 Å². The van der Waals surface area contributed by atoms with Crippen LogP contribution in [0.5, 0.6) is 0 Å². The van der Waals surface area contributed by atoms with Crippen LogP contribution in [0.2, 0.25) is 0 Å². The number of piperazine rings is 1. The SMILES string of the molecule is O=C1C(c2ccc(F)cc2)=C(N2CCN(CCO)CC2)C(=O)N1c1ccc(F)cc1. The molecule has 0 radical (unpaired) electrons. The fourth-order valence-corrected chi connectivity index (χ4v) is 3.85. The van der Waals surface area contributed by atoms with Gasteiger partial charge >= 0.3 is 0 Å². The van der Waals surface area contributed by atoms with Crippen LogP contribution < -0.4 is 4.90 Å². The van der Waals surface area contributed by atoms with E-state index < -0.39 is 23.4 Å². The molecule has 0 spiro atoms. The van der Waals surface area contributed by atoms with E-state index in [4.69, 9.17) is 5.11 Å². The van der Waals surface area contributed by atoms with Crippen molar-refractivity contribution in [2.24, 2.45) is 0 Å². The number of hydrogen-bond acceptors (Lipinski definition) is 5. The average Bonchev–Trinajstić information content (AvgIpc) is 3.00. The molecule has 156 valence electrons. The molecule has 1 saturated heterocycles. The molecule has 2 aliphatic rings. The first-order valence-corrected chi connectivity index (χ1v) is 9.72. The minimum absolute atomic E-state index is 0.0548. The number of β-amino-alcohol motifs (C(OH)–C–C–N with tert-alkyl or cyclic N) is 1. The number of amides is 2. The second-order valence-corrected chi connectivity index (χ2v) is 7.20. The van der Waals surface area contributed by atoms with E-state index in [0.29, 0.717) is 38.3 Å². The van der Waals surface area contributed by atoms with Gasteiger partial charge in [0.2, 0.25) is 0 Å². The second kappa shape index (κ2) is 8.33. The highest BCUT2D eigenvalue weighted by molar-refractivity contribution is 6.45. The predicted molar refractivity (Wildman–Crippen MR) is 107 cm³/mol. The second-order valence-electron chi connectivity index (χ2n) is 7.20. The Bertz CT molecular complexity index is 982. The molecule has 4 rings (SSSR count). The Morgan fingerprint density at radius 2 is 1.37 bits per heavy atom. The van der Waals surface area contributed by atoms with Gasteiger partial charge in [-0.25, -0.2) is 13.7 Å². The molecule has 1 N–H and O–H groups in total. The summed E-state index contributed by atoms with van der Waals surface area (Å²) in [7, 11) is 0. The van der Waals surface area contributed by atoms with E-state index in [1.807, 2.05) is 4.90 Å². The van der Waals surface area contributed by atoms with Crippen LogP contribution in [-0.4, -0.2) is 66.1 Å². The van der Waals surface area contributed by atoms with Crippen molar-refractivity contribution >= 4 is 23.1 Å². The minimum Gasteiger partial charge on any atom is -0.395 e. The molecule has 0 aromatic heterocycles. The van der Waals surface area contributed by atoms with Gasteiger partial charge in [-0.1, -0.05) is 12.1 Å². The first kappa shape index (κ1) is 20.2. The Kier molecular flexibility index (Phi) is 5.61. The molecule has 0 unspecified atom stereocenters. The molecule has 2 heterocycles. The zero-order valence-electron chi connectivity index (χ0n) is 16.2. The molecule has 2 amide bonds. The van der Waals surface area contributed by atoms with Crippen LogP contribution in [0.4, 0.5) is 14.5 Å². The summed E-state index contributed by atoms with van der Waals surface area (Å²) in [6.45, 7) is 2.90. The Hall–Kier alpha value is -3.10. The lowest BCUT2D eigenvalue weighted by Gasteiger charge is -2.36. The topological polar surface area (TPSA) is 64.1 Å². The lowest BCUT2D eigenvalue weighted by molar-refractivity contribution is -0.120. The number of hydrogen-bond donors (Lipinski definition) is 1. The lowest BCUT2D eigenvalue weighted by atomic mass is 10.0. The van der Waals surface area contributed by atoms with Crippen molar-refractivity contribution in [2.45, 2.75) is 0 Å². The third kappa shape index (κ3) is 3.71. The fraction of sp³-hybridized carbons (Fsp3) is 0.273. The molecule has 2 aliphatic heterocycles. The Morgan fingerprint density at radius 1 is 0.800 bits per heavy atom. The standard InChI is InChI=1S/C22H21F2N3O3/c23-16-3-1-15(2-4-16)19-20(26-11-9-25(10-12-26)13-14-28)22(30)27(21(19)29)18-7-5-17(24)6-8-18/h1-8,28H,9-14H2. The summed E-state index contributed by atoms with van der Waals surface area (Å²) in [4.78, 5) is 31.6. The van der Waals surface area contributed by atoms with Gasteiger partial charge in [-0.3, -0.25) is 14.5 Å². The van der Waals surface area contributed by atoms with Gasteiger partial charge in [0.1, 0.15) is 17.3 Å². The molecule has 6 nitrogen and oxygen atoms in total. The number of benzene rings is 2. The minimum atomic E-state index is -0.522. The molecule has 30 heavy (non-hydrogen) atoms. The summed E-state index contributed by atoms with van der Waals surface area (Å²) in [5.74, 6) is -1.91. The Morgan fingerprint density at radius 3 is 1.93 bits per heavy atom. The van der Waals surface area contributed by atoms with Crippen LogP contribution >= 0.6 is 0 Å². The van der Waals surface area contributed by atoms with Crippen LogP contribution in [0.25, 0.3) is 5.57 Å². The van der Waals surface area contributed by atoms with Crippen molar-refractivity contribution < 1.29 is 23.5 Å². The molecule has 2 aromatic carbocycles. The summed E-state index contributed by atoms with van der Waals surface area (Å²) >= 11 is 0. The zero-order valence-corrected chi connectivity index (χ0v) is 16.2. The Labute approximate surface area is 172 Å². The summed E-state index contributed by atoms with van der Waals surface area (Å²) in [5.41, 5.74) is 1.20. The highest BCUT2D eigenvalue weighted by atomic mass is 19.1. The smallest absolute Gasteiger partial charge is 0.282 e. The zero-order chi connectivity index (χ0) is 21.3. The van der Waals surface area contributed by atoms with Gasteiger partial charge in [0.15, 0.2) is 0 Å². The van der Waals surface area contributed by atoms with E-state index in [2.05, 4.69) is 4.90 Å². The molecular weight excluding hydrogens is 392 g/mol. The lowest BCUT2D eigenvalue weighted by Crippen LogP contribution is -2.48. The van der Waals surface area contributed by atoms with Crippen molar-refractivity contribution in [3.63, 3.8) is 0 Å². The first-order valence-electron chi connectivity index (χ1n) is 9.72. The summed E-state index contributed by atoms with van der Waals surface area (Å²) < 4.78 is 26.8. The number of nitrogens with zero attached hydrogens (tertiary/aromatic N) is 3. The van der Waals surface area contributed by atoms with Gasteiger partial charge in [-0.2, -0.15) is 0 Å². The molecular formula is C22H21F2N3O3. The molecule has 0 bridgehead atoms. The molecule has 0 saturated carbocycles. The highest BCUT2D eigenvalue weighted by Gasteiger charge is 2.43. The summed E-state index contributed by atoms with van der Waals surface area (Å²) in [6.07, 6.45) is 0. The molecule has 0 atom stereocenters. The molecule has 2 aromatic rings. The first-order chi connectivity index (χ1) is 14.5. The Balaban J connectivity index is 1.73. The maximum atomic E-state index is 13.4. The van der Waals surface area contributed by atoms with Crippen LogP contribution in [-0.2, 0) is 9.59 Å². The number of aliphatic hydroxyl groups is 1. The quantitative estimate of drug-likeness (QED) is 0.759. The van der Waals surface area contributed by atoms with E-state index in [1.165, 1.54) is 48.5 Å². The molecule has 1 fully saturated rings. The van der Waals surface area contributed by atoms with Gasteiger partial charge in [0, 0.05) is 32.7 Å². The fourth-order valence-electron chi connectivity index (χ4n) is 3.85. The number of halogens is 2. The highest BCUT2D eigenvalue weighted by Crippen LogP contribution is 2.35. The summed E-state index contributed by atoms with van der Waals surface area (Å²) in [6, 6.07) is 10.6. The maximum absolute atomic E-state index is 13.4. The van der Waals surface area contributed by atoms with Crippen LogP contribution in [0.15, 0.2) is 54.2 Å². The van der Waals surface area contributed by atoms with Gasteiger partial charge in [0.25, 0.3) is 11.8 Å². The number of carbonyl (C=O) groups excluding carboxylic acids is 2. The van der Waals surface area contributed by atoms with Gasteiger partial charge in [0.05, 0.1) is 17.9 Å². The third-order valence-electron chi connectivity index (χ3n) is 5.38. The largest absolute Gasteiger partial charge is 0.395 e. The maximum Gasteiger partial charge on any atom is 0.282 e. The van der Waals surface area contributed by atoms with Crippen molar-refractivity contribution in [3.8, 4) is 0 Å². The van der Waals surface area contributed by atoms with E-state index >= 15 is 0 Å². The van der Waals surface area contributed by atoms with Crippen LogP contribution in [0, 0.1) is 11.6 Å². The van der Waals surface area contributed by atoms with E-state index in [1.54, 1.807) is 0 Å². The number of aliphatic hydroxyl groups excluding tert-OH is 1. The van der Waals surface area contributed by atoms with E-state index in [0.717, 1.165) is 4.90 Å². The van der Waals surface area contributed by atoms with Gasteiger partial charge in [-0.15, -0.1) is 0 Å². The van der Waals surface area contributed by atoms with Crippen LogP contribution in [0.3, 0.4) is 0 Å². The third-order valence-corrected chi connectivity index (χ3v) is 5.38. The predicted octanol–water partition coefficient (Wildman–Crippen LogP) is 1.86. The average molecular weight is 413 g/mol. The van der Waals surface area contributed by atoms with E-state index in [-0.39, 0.29) is 23.6 Å². The number of anilines is 1. The number of rotatable bonds is 5. The van der Waals surface area contributed by atoms with E-state index in [9.17, 15) is 18.4 Å². The summed E-state index contributed by atoms with van der Waals surface area (Å²) in [5, 5.41) is 9.14. The van der Waals surface area contributed by atoms with Crippen LogP contribution in [0.1, 0.15) is 5.56 Å². The molecule has 8 heteroatoms. The normalized spacial score (nSPS) is 18.0. The van der Waals surface area contributed by atoms with Crippen molar-refractivity contribution in [1.82, 2.24) is 9.80 Å². The van der Waals surface area contributed by atoms with Crippen molar-refractivity contribution in [3.05, 3.63) is 71.4 Å². The monoisotopic (exact) mass is 413 g/mol. The van der Waals surface area contributed by atoms with Crippen molar-refractivity contribution in [2.75, 3.05) is 44.2 Å². The van der Waals surface area contributed by atoms with Gasteiger partial charge < -0.3 is 10.0 Å². The molecule has 0 aliphatic carbocycles. The van der Waals surface area contributed by atoms with Gasteiger partial charge in [-0.05, 0) is 42.0 Å².